The molecule has 0 spiro atoms. The maximum absolute atomic E-state index is 10.8. The Morgan fingerprint density at radius 1 is 1.33 bits per heavy atom. The average Bonchev–Trinajstić information content (AvgIpc) is 2.33. The zero-order valence-corrected chi connectivity index (χ0v) is 9.91. The third-order valence-electron chi connectivity index (χ3n) is 3.45. The van der Waals surface area contributed by atoms with Crippen LogP contribution < -0.4 is 0 Å². The van der Waals surface area contributed by atoms with Crippen LogP contribution in [-0.4, -0.2) is 34.0 Å². The van der Waals surface area contributed by atoms with Crippen LogP contribution in [0.4, 0.5) is 0 Å². The highest BCUT2D eigenvalue weighted by molar-refractivity contribution is 5.84. The molecule has 1 aromatic carbocycles. The molecule has 3 rings (SSSR count). The van der Waals surface area contributed by atoms with Crippen molar-refractivity contribution in [3.8, 4) is 0 Å². The van der Waals surface area contributed by atoms with E-state index in [9.17, 15) is 4.79 Å². The van der Waals surface area contributed by atoms with E-state index >= 15 is 0 Å². The second-order valence-corrected chi connectivity index (χ2v) is 4.75. The van der Waals surface area contributed by atoms with Gasteiger partial charge in [0.15, 0.2) is 0 Å². The molecule has 1 N–H and O–H groups in total. The van der Waals surface area contributed by atoms with Gasteiger partial charge in [-0.1, -0.05) is 24.3 Å². The van der Waals surface area contributed by atoms with E-state index in [1.165, 1.54) is 5.39 Å². The Bertz CT molecular complexity index is 586. The number of carbonyl (C=O) groups is 1. The molecule has 4 nitrogen and oxygen atoms in total. The predicted molar refractivity (Wildman–Crippen MR) is 68.1 cm³/mol. The quantitative estimate of drug-likeness (QED) is 0.891. The molecule has 1 fully saturated rings. The number of hydrogen-bond acceptors (Lipinski definition) is 3. The molecule has 0 saturated carbocycles. The monoisotopic (exact) mass is 242 g/mol. The third-order valence-corrected chi connectivity index (χ3v) is 3.45. The molecule has 2 aromatic rings. The molecule has 92 valence electrons. The van der Waals surface area contributed by atoms with Crippen LogP contribution in [0.1, 0.15) is 5.56 Å². The number of pyridine rings is 1. The van der Waals surface area contributed by atoms with Crippen LogP contribution in [0.25, 0.3) is 10.8 Å². The first-order valence-corrected chi connectivity index (χ1v) is 6.01. The zero-order chi connectivity index (χ0) is 12.5. The first kappa shape index (κ1) is 11.2. The fourth-order valence-electron chi connectivity index (χ4n) is 2.40. The molecule has 1 aliphatic rings. The molecule has 1 aliphatic heterocycles. The Balaban J connectivity index is 1.78. The number of carboxylic acid groups (broad SMARTS) is 1. The minimum absolute atomic E-state index is 0.201. The minimum atomic E-state index is -0.692. The van der Waals surface area contributed by atoms with Gasteiger partial charge in [0.25, 0.3) is 0 Å². The van der Waals surface area contributed by atoms with Gasteiger partial charge in [-0.2, -0.15) is 0 Å². The molecule has 2 heterocycles. The average molecular weight is 242 g/mol. The summed E-state index contributed by atoms with van der Waals surface area (Å²) in [5.74, 6) is -0.893. The van der Waals surface area contributed by atoms with Crippen LogP contribution in [0.2, 0.25) is 0 Å². The standard InChI is InChI=1S/C14H14N2O2/c17-14(18)12-8-16(9-12)7-11-6-15-5-10-3-1-2-4-13(10)11/h1-6,12H,7-9H2,(H,17,18). The fraction of sp³-hybridized carbons (Fsp3) is 0.286. The number of benzene rings is 1. The van der Waals surface area contributed by atoms with Crippen LogP contribution in [0.5, 0.6) is 0 Å². The summed E-state index contributed by atoms with van der Waals surface area (Å²) in [6.45, 7) is 2.05. The van der Waals surface area contributed by atoms with Crippen molar-refractivity contribution in [2.24, 2.45) is 5.92 Å². The van der Waals surface area contributed by atoms with Gasteiger partial charge >= 0.3 is 5.97 Å². The van der Waals surface area contributed by atoms with E-state index in [0.717, 1.165) is 17.5 Å². The molecule has 0 aliphatic carbocycles. The summed E-state index contributed by atoms with van der Waals surface area (Å²) in [7, 11) is 0. The van der Waals surface area contributed by atoms with Crippen LogP contribution in [0, 0.1) is 5.92 Å². The molecular weight excluding hydrogens is 228 g/mol. The molecule has 0 bridgehead atoms. The molecule has 18 heavy (non-hydrogen) atoms. The molecule has 0 unspecified atom stereocenters. The van der Waals surface area contributed by atoms with Crippen molar-refractivity contribution in [1.82, 2.24) is 9.88 Å². The minimum Gasteiger partial charge on any atom is -0.481 e. The Morgan fingerprint density at radius 3 is 2.89 bits per heavy atom. The summed E-state index contributed by atoms with van der Waals surface area (Å²) < 4.78 is 0. The Morgan fingerprint density at radius 2 is 2.11 bits per heavy atom. The van der Waals surface area contributed by atoms with Gasteiger partial charge in [0, 0.05) is 37.4 Å². The zero-order valence-electron chi connectivity index (χ0n) is 9.91. The van der Waals surface area contributed by atoms with Crippen molar-refractivity contribution in [1.29, 1.82) is 0 Å². The Labute approximate surface area is 105 Å². The van der Waals surface area contributed by atoms with Gasteiger partial charge < -0.3 is 5.11 Å². The maximum atomic E-state index is 10.8. The van der Waals surface area contributed by atoms with Gasteiger partial charge in [-0.25, -0.2) is 0 Å². The number of fused-ring (bicyclic) bond motifs is 1. The molecule has 1 saturated heterocycles. The molecule has 1 aromatic heterocycles. The van der Waals surface area contributed by atoms with E-state index in [-0.39, 0.29) is 5.92 Å². The summed E-state index contributed by atoms with van der Waals surface area (Å²) in [4.78, 5) is 17.1. The lowest BCUT2D eigenvalue weighted by Crippen LogP contribution is -2.49. The summed E-state index contributed by atoms with van der Waals surface area (Å²) in [5.41, 5.74) is 1.16. The number of aliphatic carboxylic acids is 1. The molecule has 0 radical (unpaired) electrons. The largest absolute Gasteiger partial charge is 0.481 e. The van der Waals surface area contributed by atoms with Crippen LogP contribution in [0.15, 0.2) is 36.7 Å². The van der Waals surface area contributed by atoms with Crippen molar-refractivity contribution < 1.29 is 9.90 Å². The molecule has 0 amide bonds. The summed E-state index contributed by atoms with van der Waals surface area (Å²) in [5, 5.41) is 11.2. The molecule has 0 atom stereocenters. The lowest BCUT2D eigenvalue weighted by atomic mass is 9.99. The summed E-state index contributed by atoms with van der Waals surface area (Å²) in [6.07, 6.45) is 3.73. The highest BCUT2D eigenvalue weighted by Gasteiger charge is 2.32. The number of hydrogen-bond donors (Lipinski definition) is 1. The highest BCUT2D eigenvalue weighted by atomic mass is 16.4. The van der Waals surface area contributed by atoms with E-state index in [1.807, 2.05) is 30.6 Å². The van der Waals surface area contributed by atoms with Gasteiger partial charge in [0.05, 0.1) is 5.92 Å². The number of nitrogens with zero attached hydrogens (tertiary/aromatic N) is 2. The van der Waals surface area contributed by atoms with Gasteiger partial charge in [0.2, 0.25) is 0 Å². The van der Waals surface area contributed by atoms with Crippen molar-refractivity contribution in [3.63, 3.8) is 0 Å². The van der Waals surface area contributed by atoms with Crippen molar-refractivity contribution in [3.05, 3.63) is 42.2 Å². The van der Waals surface area contributed by atoms with Gasteiger partial charge in [-0.3, -0.25) is 14.7 Å². The second-order valence-electron chi connectivity index (χ2n) is 4.75. The topological polar surface area (TPSA) is 53.4 Å². The normalized spacial score (nSPS) is 16.7. The molecular formula is C14H14N2O2. The van der Waals surface area contributed by atoms with Crippen molar-refractivity contribution in [2.75, 3.05) is 13.1 Å². The number of rotatable bonds is 3. The summed E-state index contributed by atoms with van der Waals surface area (Å²) >= 11 is 0. The van der Waals surface area contributed by atoms with Gasteiger partial charge in [-0.15, -0.1) is 0 Å². The lowest BCUT2D eigenvalue weighted by molar-refractivity contribution is -0.147. The van der Waals surface area contributed by atoms with Gasteiger partial charge in [-0.05, 0) is 10.9 Å². The first-order chi connectivity index (χ1) is 8.74. The fourth-order valence-corrected chi connectivity index (χ4v) is 2.40. The van der Waals surface area contributed by atoms with Crippen LogP contribution in [-0.2, 0) is 11.3 Å². The van der Waals surface area contributed by atoms with E-state index in [4.69, 9.17) is 5.11 Å². The summed E-state index contributed by atoms with van der Waals surface area (Å²) in [6, 6.07) is 8.14. The van der Waals surface area contributed by atoms with E-state index in [2.05, 4.69) is 16.0 Å². The second kappa shape index (κ2) is 4.38. The predicted octanol–water partition coefficient (Wildman–Crippen LogP) is 1.75. The van der Waals surface area contributed by atoms with Crippen LogP contribution >= 0.6 is 0 Å². The molecule has 4 heteroatoms. The van der Waals surface area contributed by atoms with Crippen molar-refractivity contribution in [2.45, 2.75) is 6.54 Å². The smallest absolute Gasteiger partial charge is 0.309 e. The maximum Gasteiger partial charge on any atom is 0.309 e. The van der Waals surface area contributed by atoms with Crippen molar-refractivity contribution >= 4 is 16.7 Å². The number of carboxylic acids is 1. The highest BCUT2D eigenvalue weighted by Crippen LogP contribution is 2.23. The van der Waals surface area contributed by atoms with E-state index in [0.29, 0.717) is 13.1 Å². The number of aromatic nitrogens is 1. The van der Waals surface area contributed by atoms with E-state index in [1.54, 1.807) is 0 Å². The third kappa shape index (κ3) is 1.95. The SMILES string of the molecule is O=C(O)C1CN(Cc2cncc3ccccc23)C1. The Kier molecular flexibility index (Phi) is 2.72. The van der Waals surface area contributed by atoms with Gasteiger partial charge in [0.1, 0.15) is 0 Å². The lowest BCUT2D eigenvalue weighted by Gasteiger charge is -2.36. The van der Waals surface area contributed by atoms with E-state index < -0.39 is 5.97 Å². The number of likely N-dealkylation sites (tertiary alicyclic amines) is 1. The van der Waals surface area contributed by atoms with Crippen LogP contribution in [0.3, 0.4) is 0 Å². The Hall–Kier alpha value is -1.94. The first-order valence-electron chi connectivity index (χ1n) is 6.01.